The van der Waals surface area contributed by atoms with Gasteiger partial charge in [-0.15, -0.1) is 0 Å². The first-order valence-corrected chi connectivity index (χ1v) is 6.86. The van der Waals surface area contributed by atoms with E-state index in [9.17, 15) is 10.1 Å². The van der Waals surface area contributed by atoms with Gasteiger partial charge in [0.2, 0.25) is 0 Å². The third-order valence-electron chi connectivity index (χ3n) is 3.50. The molecule has 0 spiro atoms. The number of allylic oxidation sites excluding steroid dienone is 1. The number of ketones is 1. The second kappa shape index (κ2) is 5.13. The number of Topliss-reactive ketones (excluding diaryl/α,β-unsaturated/α-hetero) is 1. The zero-order valence-electron chi connectivity index (χ0n) is 12.5. The van der Waals surface area contributed by atoms with Crippen LogP contribution < -0.4 is 4.90 Å². The van der Waals surface area contributed by atoms with Gasteiger partial charge in [-0.3, -0.25) is 4.79 Å². The summed E-state index contributed by atoms with van der Waals surface area (Å²) in [7, 11) is 0. The molecule has 0 bridgehead atoms. The topological polar surface area (TPSA) is 44.1 Å². The maximum Gasteiger partial charge on any atom is 0.180 e. The normalized spacial score (nSPS) is 14.9. The molecule has 2 rings (SSSR count). The molecule has 104 valence electrons. The third-order valence-corrected chi connectivity index (χ3v) is 3.50. The molecule has 0 saturated heterocycles. The van der Waals surface area contributed by atoms with Crippen molar-refractivity contribution in [1.29, 1.82) is 5.26 Å². The summed E-state index contributed by atoms with van der Waals surface area (Å²) in [5.41, 5.74) is 3.32. The molecular formula is C17H20N2O. The number of anilines is 1. The lowest BCUT2D eigenvalue weighted by molar-refractivity contribution is -0.122. The molecule has 1 aliphatic rings. The van der Waals surface area contributed by atoms with E-state index in [1.54, 1.807) is 6.20 Å². The van der Waals surface area contributed by atoms with Gasteiger partial charge >= 0.3 is 0 Å². The van der Waals surface area contributed by atoms with Gasteiger partial charge in [-0.05, 0) is 25.0 Å². The Morgan fingerprint density at radius 3 is 2.70 bits per heavy atom. The van der Waals surface area contributed by atoms with Crippen LogP contribution in [0.3, 0.4) is 0 Å². The molecule has 0 unspecified atom stereocenters. The minimum absolute atomic E-state index is 0.111. The lowest BCUT2D eigenvalue weighted by Gasteiger charge is -2.19. The van der Waals surface area contributed by atoms with Gasteiger partial charge in [0.1, 0.15) is 11.6 Å². The maximum absolute atomic E-state index is 12.2. The molecule has 3 nitrogen and oxygen atoms in total. The Morgan fingerprint density at radius 1 is 1.40 bits per heavy atom. The summed E-state index contributed by atoms with van der Waals surface area (Å²) in [5.74, 6) is -0.111. The predicted octanol–water partition coefficient (Wildman–Crippen LogP) is 3.38. The molecule has 0 amide bonds. The Morgan fingerprint density at radius 2 is 2.10 bits per heavy atom. The Hall–Kier alpha value is -2.08. The lowest BCUT2D eigenvalue weighted by atomic mass is 9.87. The minimum atomic E-state index is -0.530. The van der Waals surface area contributed by atoms with Crippen LogP contribution in [-0.4, -0.2) is 12.3 Å². The zero-order chi connectivity index (χ0) is 14.9. The van der Waals surface area contributed by atoms with Crippen molar-refractivity contribution in [2.45, 2.75) is 34.1 Å². The molecule has 0 fully saturated rings. The van der Waals surface area contributed by atoms with Crippen LogP contribution in [0.25, 0.3) is 0 Å². The molecule has 0 saturated carbocycles. The molecule has 0 N–H and O–H groups in total. The van der Waals surface area contributed by atoms with Crippen molar-refractivity contribution < 1.29 is 4.79 Å². The quantitative estimate of drug-likeness (QED) is 0.610. The van der Waals surface area contributed by atoms with Crippen LogP contribution in [0, 0.1) is 23.7 Å². The number of fused-ring (bicyclic) bond motifs is 1. The summed E-state index contributed by atoms with van der Waals surface area (Å²) in [6.07, 6.45) is 2.66. The molecule has 20 heavy (non-hydrogen) atoms. The molecule has 1 aromatic rings. The van der Waals surface area contributed by atoms with Crippen LogP contribution in [0.5, 0.6) is 0 Å². The summed E-state index contributed by atoms with van der Waals surface area (Å²) < 4.78 is 0. The van der Waals surface area contributed by atoms with Crippen molar-refractivity contribution in [1.82, 2.24) is 0 Å². The van der Waals surface area contributed by atoms with E-state index in [0.717, 1.165) is 18.7 Å². The number of benzene rings is 1. The molecule has 3 heteroatoms. The van der Waals surface area contributed by atoms with Crippen molar-refractivity contribution in [2.75, 3.05) is 11.4 Å². The van der Waals surface area contributed by atoms with E-state index in [1.807, 2.05) is 31.7 Å². The molecule has 1 heterocycles. The van der Waals surface area contributed by atoms with Crippen molar-refractivity contribution in [3.8, 4) is 6.07 Å². The highest BCUT2D eigenvalue weighted by Gasteiger charge is 2.27. The number of hydrogen-bond acceptors (Lipinski definition) is 3. The smallest absolute Gasteiger partial charge is 0.180 e. The number of carbonyl (C=O) groups is 1. The predicted molar refractivity (Wildman–Crippen MR) is 80.4 cm³/mol. The van der Waals surface area contributed by atoms with Gasteiger partial charge in [0.25, 0.3) is 0 Å². The first-order valence-electron chi connectivity index (χ1n) is 6.86. The highest BCUT2D eigenvalue weighted by molar-refractivity contribution is 6.02. The minimum Gasteiger partial charge on any atom is -0.346 e. The molecule has 1 aromatic carbocycles. The number of aryl methyl sites for hydroxylation is 1. The highest BCUT2D eigenvalue weighted by Crippen LogP contribution is 2.30. The summed E-state index contributed by atoms with van der Waals surface area (Å²) in [4.78, 5) is 14.2. The molecule has 0 aromatic heterocycles. The van der Waals surface area contributed by atoms with Crippen LogP contribution >= 0.6 is 0 Å². The van der Waals surface area contributed by atoms with E-state index >= 15 is 0 Å². The number of nitrogens with zero attached hydrogens (tertiary/aromatic N) is 2. The van der Waals surface area contributed by atoms with Crippen LogP contribution in [0.2, 0.25) is 0 Å². The van der Waals surface area contributed by atoms with Gasteiger partial charge in [-0.2, -0.15) is 5.26 Å². The maximum atomic E-state index is 12.2. The average molecular weight is 268 g/mol. The van der Waals surface area contributed by atoms with Crippen LogP contribution in [0.4, 0.5) is 5.69 Å². The first kappa shape index (κ1) is 14.3. The van der Waals surface area contributed by atoms with Crippen LogP contribution in [0.1, 0.15) is 31.9 Å². The number of nitriles is 1. The number of rotatable bonds is 2. The molecule has 0 radical (unpaired) electrons. The van der Waals surface area contributed by atoms with Crippen molar-refractivity contribution >= 4 is 11.5 Å². The van der Waals surface area contributed by atoms with Gasteiger partial charge < -0.3 is 4.90 Å². The number of hydrogen-bond donors (Lipinski definition) is 0. The average Bonchev–Trinajstić information content (AvgIpc) is 2.76. The Bertz CT molecular complexity index is 615. The molecule has 0 aliphatic carbocycles. The Labute approximate surface area is 120 Å². The fraction of sp³-hybridized carbons (Fsp3) is 0.412. The van der Waals surface area contributed by atoms with Gasteiger partial charge in [-0.1, -0.05) is 38.5 Å². The van der Waals surface area contributed by atoms with Gasteiger partial charge in [0.05, 0.1) is 0 Å². The summed E-state index contributed by atoms with van der Waals surface area (Å²) in [6, 6.07) is 8.33. The van der Waals surface area contributed by atoms with Gasteiger partial charge in [0, 0.05) is 23.8 Å². The van der Waals surface area contributed by atoms with E-state index in [2.05, 4.69) is 25.1 Å². The fourth-order valence-electron chi connectivity index (χ4n) is 2.39. The molecular weight excluding hydrogens is 248 g/mol. The summed E-state index contributed by atoms with van der Waals surface area (Å²) >= 11 is 0. The second-order valence-corrected chi connectivity index (χ2v) is 6.31. The second-order valence-electron chi connectivity index (χ2n) is 6.31. The fourth-order valence-corrected chi connectivity index (χ4v) is 2.39. The summed E-state index contributed by atoms with van der Waals surface area (Å²) in [6.45, 7) is 8.40. The van der Waals surface area contributed by atoms with Crippen molar-refractivity contribution in [3.63, 3.8) is 0 Å². The standard InChI is InChI=1S/C17H20N2O/c1-12-5-6-15-13(9-12)7-8-19(15)11-14(10-18)16(20)17(2,3)4/h5-6,9,11H,7-8H2,1-4H3/b14-11-. The van der Waals surface area contributed by atoms with E-state index in [1.165, 1.54) is 11.1 Å². The lowest BCUT2D eigenvalue weighted by Crippen LogP contribution is -2.24. The van der Waals surface area contributed by atoms with Gasteiger partial charge in [0.15, 0.2) is 5.78 Å². The zero-order valence-corrected chi connectivity index (χ0v) is 12.5. The monoisotopic (exact) mass is 268 g/mol. The van der Waals surface area contributed by atoms with Crippen molar-refractivity contribution in [3.05, 3.63) is 41.1 Å². The third kappa shape index (κ3) is 2.75. The molecule has 0 atom stereocenters. The van der Waals surface area contributed by atoms with E-state index in [-0.39, 0.29) is 11.4 Å². The van der Waals surface area contributed by atoms with E-state index < -0.39 is 5.41 Å². The van der Waals surface area contributed by atoms with Gasteiger partial charge in [-0.25, -0.2) is 0 Å². The van der Waals surface area contributed by atoms with Crippen LogP contribution in [-0.2, 0) is 11.2 Å². The molecule has 1 aliphatic heterocycles. The Kier molecular flexibility index (Phi) is 3.67. The summed E-state index contributed by atoms with van der Waals surface area (Å²) in [5, 5.41) is 9.25. The van der Waals surface area contributed by atoms with Crippen molar-refractivity contribution in [2.24, 2.45) is 5.41 Å². The first-order chi connectivity index (χ1) is 9.32. The SMILES string of the molecule is Cc1ccc2c(c1)CCN2/C=C(/C#N)C(=O)C(C)(C)C. The Balaban J connectivity index is 2.33. The van der Waals surface area contributed by atoms with E-state index in [0.29, 0.717) is 0 Å². The van der Waals surface area contributed by atoms with Crippen LogP contribution in [0.15, 0.2) is 30.0 Å². The largest absolute Gasteiger partial charge is 0.346 e. The number of carbonyl (C=O) groups excluding carboxylic acids is 1. The highest BCUT2D eigenvalue weighted by atomic mass is 16.1. The van der Waals surface area contributed by atoms with E-state index in [4.69, 9.17) is 0 Å².